The van der Waals surface area contributed by atoms with Crippen LogP contribution in [0.3, 0.4) is 0 Å². The molecule has 0 spiro atoms. The van der Waals surface area contributed by atoms with E-state index in [0.29, 0.717) is 26.3 Å². The first-order valence-electron chi connectivity index (χ1n) is 11.9. The number of aryl methyl sites for hydroxylation is 2. The molecule has 2 aromatic carbocycles. The van der Waals surface area contributed by atoms with Crippen LogP contribution in [0.5, 0.6) is 0 Å². The number of carbonyl (C=O) groups is 2. The third kappa shape index (κ3) is 6.42. The summed E-state index contributed by atoms with van der Waals surface area (Å²) in [6.45, 7) is 11.2. The number of hydrogen-bond donors (Lipinski definition) is 0. The lowest BCUT2D eigenvalue weighted by Crippen LogP contribution is -2.40. The first-order chi connectivity index (χ1) is 15.9. The van der Waals surface area contributed by atoms with E-state index in [1.807, 2.05) is 64.1 Å². The van der Waals surface area contributed by atoms with Crippen molar-refractivity contribution in [2.75, 3.05) is 39.4 Å². The Morgan fingerprint density at radius 3 is 1.55 bits per heavy atom. The summed E-state index contributed by atoms with van der Waals surface area (Å²) in [5.74, 6) is -0.450. The fourth-order valence-electron chi connectivity index (χ4n) is 4.59. The Morgan fingerprint density at radius 1 is 0.758 bits per heavy atom. The zero-order chi connectivity index (χ0) is 23.8. The zero-order valence-electron chi connectivity index (χ0n) is 20.3. The number of ether oxygens (including phenoxy) is 2. The molecule has 0 bridgehead atoms. The normalized spacial score (nSPS) is 17.1. The highest BCUT2D eigenvalue weighted by atomic mass is 16.5. The van der Waals surface area contributed by atoms with Gasteiger partial charge in [0.2, 0.25) is 0 Å². The smallest absolute Gasteiger partial charge is 0.328 e. The molecule has 2 atom stereocenters. The highest BCUT2D eigenvalue weighted by Gasteiger charge is 2.34. The van der Waals surface area contributed by atoms with Crippen LogP contribution in [-0.4, -0.2) is 61.1 Å². The Labute approximate surface area is 197 Å². The summed E-state index contributed by atoms with van der Waals surface area (Å²) >= 11 is 0. The summed E-state index contributed by atoms with van der Waals surface area (Å²) in [7, 11) is 0. The van der Waals surface area contributed by atoms with Crippen LogP contribution in [0.1, 0.15) is 54.6 Å². The molecule has 2 unspecified atom stereocenters. The summed E-state index contributed by atoms with van der Waals surface area (Å²) in [5, 5.41) is 0. The highest BCUT2D eigenvalue weighted by molar-refractivity contribution is 5.78. The van der Waals surface area contributed by atoms with E-state index >= 15 is 0 Å². The monoisotopic (exact) mass is 452 g/mol. The van der Waals surface area contributed by atoms with Crippen molar-refractivity contribution in [1.82, 2.24) is 9.80 Å². The standard InChI is InChI=1S/C27H36N2O4/c1-5-32-26(30)24(22-12-7-10-20(3)18-22)28-14-9-15-29(17-16-28)25(27(31)33-6-2)23-13-8-11-21(4)19-23/h7-8,10-13,18-19,24-25H,5-6,9,14-17H2,1-4H3. The van der Waals surface area contributed by atoms with E-state index in [4.69, 9.17) is 9.47 Å². The summed E-state index contributed by atoms with van der Waals surface area (Å²) in [6, 6.07) is 15.2. The quantitative estimate of drug-likeness (QED) is 0.559. The first kappa shape index (κ1) is 24.9. The van der Waals surface area contributed by atoms with Crippen molar-refractivity contribution < 1.29 is 19.1 Å². The van der Waals surface area contributed by atoms with E-state index in [1.54, 1.807) is 0 Å². The lowest BCUT2D eigenvalue weighted by atomic mass is 10.0. The van der Waals surface area contributed by atoms with Gasteiger partial charge in [0, 0.05) is 26.2 Å². The van der Waals surface area contributed by atoms with Crippen LogP contribution in [0.15, 0.2) is 48.5 Å². The van der Waals surface area contributed by atoms with E-state index in [-0.39, 0.29) is 11.9 Å². The summed E-state index contributed by atoms with van der Waals surface area (Å²) in [6.07, 6.45) is 0.837. The SMILES string of the molecule is CCOC(=O)C(c1cccc(C)c1)N1CCCN(C(C(=O)OCC)c2cccc(C)c2)CC1. The first-order valence-corrected chi connectivity index (χ1v) is 11.9. The van der Waals surface area contributed by atoms with Crippen molar-refractivity contribution in [2.24, 2.45) is 0 Å². The van der Waals surface area contributed by atoms with Gasteiger partial charge >= 0.3 is 11.9 Å². The molecule has 0 aliphatic carbocycles. The van der Waals surface area contributed by atoms with Crippen molar-refractivity contribution in [3.05, 3.63) is 70.8 Å². The number of nitrogens with zero attached hydrogens (tertiary/aromatic N) is 2. The molecule has 0 amide bonds. The minimum atomic E-state index is -0.454. The van der Waals surface area contributed by atoms with Gasteiger partial charge in [0.15, 0.2) is 0 Å². The molecule has 0 N–H and O–H groups in total. The maximum atomic E-state index is 13.0. The molecular weight excluding hydrogens is 416 g/mol. The maximum absolute atomic E-state index is 13.0. The van der Waals surface area contributed by atoms with Crippen LogP contribution in [0.2, 0.25) is 0 Å². The second-order valence-corrected chi connectivity index (χ2v) is 8.56. The van der Waals surface area contributed by atoms with Gasteiger partial charge in [0.25, 0.3) is 0 Å². The van der Waals surface area contributed by atoms with Gasteiger partial charge in [0.05, 0.1) is 13.2 Å². The second kappa shape index (κ2) is 12.0. The number of esters is 2. The van der Waals surface area contributed by atoms with Crippen LogP contribution < -0.4 is 0 Å². The Bertz CT molecular complexity index is 870. The van der Waals surface area contributed by atoms with Crippen LogP contribution in [-0.2, 0) is 19.1 Å². The molecule has 1 heterocycles. The van der Waals surface area contributed by atoms with Crippen molar-refractivity contribution in [3.8, 4) is 0 Å². The Morgan fingerprint density at radius 2 is 1.18 bits per heavy atom. The van der Waals surface area contributed by atoms with Crippen LogP contribution in [0, 0.1) is 13.8 Å². The zero-order valence-corrected chi connectivity index (χ0v) is 20.3. The fraction of sp³-hybridized carbons (Fsp3) is 0.481. The summed E-state index contributed by atoms with van der Waals surface area (Å²) in [5.41, 5.74) is 4.12. The highest BCUT2D eigenvalue weighted by Crippen LogP contribution is 2.29. The topological polar surface area (TPSA) is 59.1 Å². The van der Waals surface area contributed by atoms with E-state index in [0.717, 1.165) is 41.8 Å². The minimum absolute atomic E-state index is 0.225. The molecule has 1 aliphatic heterocycles. The van der Waals surface area contributed by atoms with Gasteiger partial charge < -0.3 is 9.47 Å². The van der Waals surface area contributed by atoms with Gasteiger partial charge in [-0.1, -0.05) is 59.7 Å². The predicted molar refractivity (Wildman–Crippen MR) is 129 cm³/mol. The lowest BCUT2D eigenvalue weighted by molar-refractivity contribution is -0.151. The Hall–Kier alpha value is -2.70. The largest absolute Gasteiger partial charge is 0.465 e. The molecule has 0 radical (unpaired) electrons. The summed E-state index contributed by atoms with van der Waals surface area (Å²) in [4.78, 5) is 30.3. The average molecular weight is 453 g/mol. The van der Waals surface area contributed by atoms with Gasteiger partial charge in [-0.3, -0.25) is 9.80 Å². The van der Waals surface area contributed by atoms with Crippen LogP contribution >= 0.6 is 0 Å². The molecule has 1 fully saturated rings. The molecule has 178 valence electrons. The second-order valence-electron chi connectivity index (χ2n) is 8.56. The lowest BCUT2D eigenvalue weighted by Gasteiger charge is -2.31. The predicted octanol–water partition coefficient (Wildman–Crippen LogP) is 4.22. The molecule has 2 aromatic rings. The van der Waals surface area contributed by atoms with Crippen molar-refractivity contribution in [3.63, 3.8) is 0 Å². The third-order valence-corrected chi connectivity index (χ3v) is 6.03. The van der Waals surface area contributed by atoms with Crippen molar-refractivity contribution in [2.45, 2.75) is 46.2 Å². The van der Waals surface area contributed by atoms with Crippen molar-refractivity contribution in [1.29, 1.82) is 0 Å². The molecule has 1 saturated heterocycles. The minimum Gasteiger partial charge on any atom is -0.465 e. The Balaban J connectivity index is 1.85. The van der Waals surface area contributed by atoms with Gasteiger partial charge in [0.1, 0.15) is 12.1 Å². The number of hydrogen-bond acceptors (Lipinski definition) is 6. The number of benzene rings is 2. The molecule has 6 nitrogen and oxygen atoms in total. The van der Waals surface area contributed by atoms with Gasteiger partial charge in [-0.25, -0.2) is 9.59 Å². The third-order valence-electron chi connectivity index (χ3n) is 6.03. The summed E-state index contributed by atoms with van der Waals surface area (Å²) < 4.78 is 10.9. The maximum Gasteiger partial charge on any atom is 0.328 e. The molecule has 0 aromatic heterocycles. The van der Waals surface area contributed by atoms with Gasteiger partial charge in [-0.05, 0) is 45.2 Å². The van der Waals surface area contributed by atoms with Crippen LogP contribution in [0.4, 0.5) is 0 Å². The fourth-order valence-corrected chi connectivity index (χ4v) is 4.59. The number of carbonyl (C=O) groups excluding carboxylic acids is 2. The average Bonchev–Trinajstić information content (AvgIpc) is 3.01. The molecular formula is C27H36N2O4. The van der Waals surface area contributed by atoms with Crippen molar-refractivity contribution >= 4 is 11.9 Å². The Kier molecular flexibility index (Phi) is 9.03. The molecule has 0 saturated carbocycles. The van der Waals surface area contributed by atoms with Crippen LogP contribution in [0.25, 0.3) is 0 Å². The van der Waals surface area contributed by atoms with E-state index < -0.39 is 12.1 Å². The molecule has 33 heavy (non-hydrogen) atoms. The molecule has 6 heteroatoms. The molecule has 3 rings (SSSR count). The van der Waals surface area contributed by atoms with E-state index in [9.17, 15) is 9.59 Å². The molecule has 1 aliphatic rings. The van der Waals surface area contributed by atoms with Gasteiger partial charge in [-0.15, -0.1) is 0 Å². The van der Waals surface area contributed by atoms with E-state index in [1.165, 1.54) is 0 Å². The van der Waals surface area contributed by atoms with Gasteiger partial charge in [-0.2, -0.15) is 0 Å². The number of rotatable bonds is 8. The van der Waals surface area contributed by atoms with E-state index in [2.05, 4.69) is 21.9 Å².